The topological polar surface area (TPSA) is 33.1 Å². The van der Waals surface area contributed by atoms with Gasteiger partial charge in [-0.05, 0) is 44.5 Å². The minimum atomic E-state index is 0.693. The number of rotatable bonds is 6. The van der Waals surface area contributed by atoms with Crippen LogP contribution in [0.2, 0.25) is 0 Å². The van der Waals surface area contributed by atoms with E-state index in [1.54, 1.807) is 0 Å². The molecule has 2 aromatic rings. The second-order valence-electron chi connectivity index (χ2n) is 6.33. The molecule has 3 rings (SSSR count). The van der Waals surface area contributed by atoms with Gasteiger partial charge in [-0.2, -0.15) is 5.10 Å². The highest BCUT2D eigenvalue weighted by molar-refractivity contribution is 5.81. The summed E-state index contributed by atoms with van der Waals surface area (Å²) in [6.45, 7) is 8.04. The van der Waals surface area contributed by atoms with Crippen molar-refractivity contribution in [2.45, 2.75) is 26.3 Å². The fourth-order valence-corrected chi connectivity index (χ4v) is 3.33. The largest absolute Gasteiger partial charge is 0.311 e. The number of nitrogens with one attached hydrogen (secondary N) is 1. The molecule has 1 aromatic carbocycles. The van der Waals surface area contributed by atoms with Crippen molar-refractivity contribution in [3.63, 3.8) is 0 Å². The van der Waals surface area contributed by atoms with E-state index in [0.717, 1.165) is 18.8 Å². The standard InChI is InChI=1S/C17H26N4/c1-14(13-21-9-5-6-10-21)11-18-12-16-15-7-3-4-8-17(15)20(2)19-16/h3-4,7-8,14,18H,5-6,9-13H2,1-2H3. The van der Waals surface area contributed by atoms with Crippen LogP contribution in [0.1, 0.15) is 25.5 Å². The average molecular weight is 286 g/mol. The lowest BCUT2D eigenvalue weighted by Crippen LogP contribution is -2.31. The lowest BCUT2D eigenvalue weighted by Gasteiger charge is -2.20. The summed E-state index contributed by atoms with van der Waals surface area (Å²) in [6, 6.07) is 8.44. The van der Waals surface area contributed by atoms with E-state index in [-0.39, 0.29) is 0 Å². The van der Waals surface area contributed by atoms with Gasteiger partial charge in [0, 0.05) is 25.5 Å². The number of benzene rings is 1. The Labute approximate surface area is 127 Å². The number of aryl methyl sites for hydroxylation is 1. The molecule has 0 radical (unpaired) electrons. The van der Waals surface area contributed by atoms with Crippen molar-refractivity contribution in [1.29, 1.82) is 0 Å². The van der Waals surface area contributed by atoms with Gasteiger partial charge >= 0.3 is 0 Å². The van der Waals surface area contributed by atoms with Gasteiger partial charge in [0.15, 0.2) is 0 Å². The Morgan fingerprint density at radius 3 is 2.81 bits per heavy atom. The van der Waals surface area contributed by atoms with E-state index in [0.29, 0.717) is 5.92 Å². The van der Waals surface area contributed by atoms with E-state index in [1.807, 2.05) is 11.7 Å². The van der Waals surface area contributed by atoms with Gasteiger partial charge in [-0.1, -0.05) is 25.1 Å². The van der Waals surface area contributed by atoms with Gasteiger partial charge < -0.3 is 10.2 Å². The minimum Gasteiger partial charge on any atom is -0.311 e. The van der Waals surface area contributed by atoms with E-state index in [9.17, 15) is 0 Å². The van der Waals surface area contributed by atoms with Gasteiger partial charge in [0.05, 0.1) is 11.2 Å². The van der Waals surface area contributed by atoms with Crippen LogP contribution in [0.15, 0.2) is 24.3 Å². The second kappa shape index (κ2) is 6.58. The van der Waals surface area contributed by atoms with Gasteiger partial charge in [-0.25, -0.2) is 0 Å². The highest BCUT2D eigenvalue weighted by Gasteiger charge is 2.14. The quantitative estimate of drug-likeness (QED) is 0.885. The second-order valence-corrected chi connectivity index (χ2v) is 6.33. The van der Waals surface area contributed by atoms with Crippen LogP contribution < -0.4 is 5.32 Å². The van der Waals surface area contributed by atoms with Crippen LogP contribution in [0, 0.1) is 5.92 Å². The van der Waals surface area contributed by atoms with Gasteiger partial charge in [0.25, 0.3) is 0 Å². The van der Waals surface area contributed by atoms with Crippen LogP contribution in [0.25, 0.3) is 10.9 Å². The molecule has 4 nitrogen and oxygen atoms in total. The van der Waals surface area contributed by atoms with Crippen LogP contribution in [0.3, 0.4) is 0 Å². The third-order valence-electron chi connectivity index (χ3n) is 4.39. The lowest BCUT2D eigenvalue weighted by molar-refractivity contribution is 0.282. The van der Waals surface area contributed by atoms with Crippen LogP contribution in [0.5, 0.6) is 0 Å². The van der Waals surface area contributed by atoms with Crippen molar-refractivity contribution in [3.05, 3.63) is 30.0 Å². The molecule has 0 aliphatic carbocycles. The summed E-state index contributed by atoms with van der Waals surface area (Å²) in [4.78, 5) is 2.59. The SMILES string of the molecule is CC(CNCc1nn(C)c2ccccc12)CN1CCCC1. The number of likely N-dealkylation sites (tertiary alicyclic amines) is 1. The highest BCUT2D eigenvalue weighted by Crippen LogP contribution is 2.17. The van der Waals surface area contributed by atoms with Gasteiger partial charge in [0.1, 0.15) is 0 Å². The van der Waals surface area contributed by atoms with Crippen molar-refractivity contribution in [3.8, 4) is 0 Å². The molecule has 1 aromatic heterocycles. The van der Waals surface area contributed by atoms with E-state index in [1.165, 1.54) is 43.4 Å². The normalized spacial score (nSPS) is 17.6. The lowest BCUT2D eigenvalue weighted by atomic mass is 10.1. The molecule has 4 heteroatoms. The summed E-state index contributed by atoms with van der Waals surface area (Å²) in [7, 11) is 2.02. The van der Waals surface area contributed by atoms with Crippen LogP contribution in [-0.2, 0) is 13.6 Å². The molecule has 1 N–H and O–H groups in total. The number of hydrogen-bond donors (Lipinski definition) is 1. The Balaban J connectivity index is 1.52. The van der Waals surface area contributed by atoms with Gasteiger partial charge in [-0.3, -0.25) is 4.68 Å². The molecule has 0 amide bonds. The number of fused-ring (bicyclic) bond motifs is 1. The van der Waals surface area contributed by atoms with Crippen LogP contribution in [-0.4, -0.2) is 40.9 Å². The summed E-state index contributed by atoms with van der Waals surface area (Å²) in [5.74, 6) is 0.693. The zero-order valence-corrected chi connectivity index (χ0v) is 13.2. The smallest absolute Gasteiger partial charge is 0.0841 e. The summed E-state index contributed by atoms with van der Waals surface area (Å²) >= 11 is 0. The van der Waals surface area contributed by atoms with Gasteiger partial charge in [-0.15, -0.1) is 0 Å². The summed E-state index contributed by atoms with van der Waals surface area (Å²) < 4.78 is 1.97. The molecule has 1 atom stereocenters. The molecule has 0 saturated carbocycles. The third kappa shape index (κ3) is 3.44. The molecule has 0 bridgehead atoms. The Morgan fingerprint density at radius 1 is 1.24 bits per heavy atom. The number of aromatic nitrogens is 2. The minimum absolute atomic E-state index is 0.693. The molecule has 0 spiro atoms. The molecule has 1 aliphatic rings. The summed E-state index contributed by atoms with van der Waals surface area (Å²) in [5.41, 5.74) is 2.36. The average Bonchev–Trinajstić information content (AvgIpc) is 3.09. The summed E-state index contributed by atoms with van der Waals surface area (Å²) in [5, 5.41) is 9.48. The molecule has 1 unspecified atom stereocenters. The Bertz CT molecular complexity index is 583. The van der Waals surface area contributed by atoms with Crippen molar-refractivity contribution in [2.75, 3.05) is 26.2 Å². The van der Waals surface area contributed by atoms with Crippen molar-refractivity contribution < 1.29 is 0 Å². The first-order valence-corrected chi connectivity index (χ1v) is 8.07. The maximum atomic E-state index is 4.63. The van der Waals surface area contributed by atoms with Crippen LogP contribution >= 0.6 is 0 Å². The number of para-hydroxylation sites is 1. The molecule has 114 valence electrons. The van der Waals surface area contributed by atoms with Gasteiger partial charge in [0.2, 0.25) is 0 Å². The van der Waals surface area contributed by atoms with E-state index in [4.69, 9.17) is 0 Å². The predicted molar refractivity (Wildman–Crippen MR) is 87.3 cm³/mol. The van der Waals surface area contributed by atoms with Crippen molar-refractivity contribution in [2.24, 2.45) is 13.0 Å². The Hall–Kier alpha value is -1.39. The van der Waals surface area contributed by atoms with Crippen molar-refractivity contribution >= 4 is 10.9 Å². The first-order chi connectivity index (χ1) is 10.2. The zero-order valence-electron chi connectivity index (χ0n) is 13.2. The first kappa shape index (κ1) is 14.5. The maximum Gasteiger partial charge on any atom is 0.0841 e. The Kier molecular flexibility index (Phi) is 4.56. The fourth-order valence-electron chi connectivity index (χ4n) is 3.33. The fraction of sp³-hybridized carbons (Fsp3) is 0.588. The van der Waals surface area contributed by atoms with Crippen molar-refractivity contribution in [1.82, 2.24) is 20.0 Å². The highest BCUT2D eigenvalue weighted by atomic mass is 15.3. The molecule has 1 fully saturated rings. The first-order valence-electron chi connectivity index (χ1n) is 8.07. The van der Waals surface area contributed by atoms with E-state index in [2.05, 4.69) is 46.5 Å². The molecule has 2 heterocycles. The summed E-state index contributed by atoms with van der Waals surface area (Å²) in [6.07, 6.45) is 2.75. The molecular formula is C17H26N4. The third-order valence-corrected chi connectivity index (χ3v) is 4.39. The zero-order chi connectivity index (χ0) is 14.7. The monoisotopic (exact) mass is 286 g/mol. The predicted octanol–water partition coefficient (Wildman–Crippen LogP) is 2.39. The molecular weight excluding hydrogens is 260 g/mol. The van der Waals surface area contributed by atoms with Crippen LogP contribution in [0.4, 0.5) is 0 Å². The molecule has 1 saturated heterocycles. The van der Waals surface area contributed by atoms with E-state index < -0.39 is 0 Å². The number of hydrogen-bond acceptors (Lipinski definition) is 3. The maximum absolute atomic E-state index is 4.63. The molecule has 1 aliphatic heterocycles. The number of nitrogens with zero attached hydrogens (tertiary/aromatic N) is 3. The Morgan fingerprint density at radius 2 is 2.00 bits per heavy atom. The molecule has 21 heavy (non-hydrogen) atoms. The van der Waals surface area contributed by atoms with E-state index >= 15 is 0 Å².